The summed E-state index contributed by atoms with van der Waals surface area (Å²) in [5, 5.41) is 3.35. The Morgan fingerprint density at radius 2 is 2.18 bits per heavy atom. The molecule has 0 amide bonds. The lowest BCUT2D eigenvalue weighted by atomic mass is 9.88. The highest BCUT2D eigenvalue weighted by atomic mass is 16.5. The maximum Gasteiger partial charge on any atom is 0.138 e. The Kier molecular flexibility index (Phi) is 3.67. The lowest BCUT2D eigenvalue weighted by Gasteiger charge is -2.25. The summed E-state index contributed by atoms with van der Waals surface area (Å²) in [6.45, 7) is 8.63. The van der Waals surface area contributed by atoms with Crippen LogP contribution in [0.15, 0.2) is 18.5 Å². The van der Waals surface area contributed by atoms with E-state index in [-0.39, 0.29) is 5.41 Å². The molecule has 3 nitrogen and oxygen atoms in total. The second-order valence-corrected chi connectivity index (χ2v) is 5.75. The normalized spacial score (nSPS) is 21.2. The van der Waals surface area contributed by atoms with Crippen LogP contribution in [-0.4, -0.2) is 24.2 Å². The molecule has 1 fully saturated rings. The molecular weight excluding hydrogens is 212 g/mol. The van der Waals surface area contributed by atoms with Gasteiger partial charge in [0.2, 0.25) is 0 Å². The third-order valence-electron chi connectivity index (χ3n) is 3.13. The largest absolute Gasteiger partial charge is 0.487 e. The zero-order valence-corrected chi connectivity index (χ0v) is 11.0. The van der Waals surface area contributed by atoms with Gasteiger partial charge in [-0.2, -0.15) is 0 Å². The van der Waals surface area contributed by atoms with Crippen molar-refractivity contribution < 1.29 is 4.74 Å². The minimum Gasteiger partial charge on any atom is -0.487 e. The Labute approximate surface area is 104 Å². The molecule has 0 spiro atoms. The van der Waals surface area contributed by atoms with Crippen LogP contribution in [0.4, 0.5) is 0 Å². The summed E-state index contributed by atoms with van der Waals surface area (Å²) >= 11 is 0. The van der Waals surface area contributed by atoms with Crippen molar-refractivity contribution in [2.45, 2.75) is 45.1 Å². The molecule has 2 heterocycles. The lowest BCUT2D eigenvalue weighted by Crippen LogP contribution is -2.37. The maximum absolute atomic E-state index is 5.97. The van der Waals surface area contributed by atoms with Gasteiger partial charge in [-0.15, -0.1) is 0 Å². The Morgan fingerprint density at radius 3 is 2.82 bits per heavy atom. The smallest absolute Gasteiger partial charge is 0.138 e. The minimum absolute atomic E-state index is 0.122. The van der Waals surface area contributed by atoms with E-state index in [1.165, 1.54) is 12.0 Å². The highest BCUT2D eigenvalue weighted by molar-refractivity contribution is 5.28. The Hall–Kier alpha value is -1.09. The standard InChI is InChI=1S/C14H22N2O/c1-14(2,3)11-7-13(10-16-8-11)17-12-5-4-6-15-9-12/h7-8,10,12,15H,4-6,9H2,1-3H3/t12-/m0/s1. The quantitative estimate of drug-likeness (QED) is 0.853. The minimum atomic E-state index is 0.122. The van der Waals surface area contributed by atoms with Gasteiger partial charge in [-0.1, -0.05) is 20.8 Å². The second kappa shape index (κ2) is 5.05. The van der Waals surface area contributed by atoms with E-state index < -0.39 is 0 Å². The zero-order chi connectivity index (χ0) is 12.3. The molecule has 1 aromatic heterocycles. The van der Waals surface area contributed by atoms with Gasteiger partial charge in [0.25, 0.3) is 0 Å². The first-order valence-electron chi connectivity index (χ1n) is 6.38. The van der Waals surface area contributed by atoms with Gasteiger partial charge in [-0.05, 0) is 36.4 Å². The van der Waals surface area contributed by atoms with Crippen LogP contribution < -0.4 is 10.1 Å². The number of nitrogens with one attached hydrogen (secondary N) is 1. The summed E-state index contributed by atoms with van der Waals surface area (Å²) in [5.74, 6) is 0.895. The van der Waals surface area contributed by atoms with E-state index in [0.717, 1.165) is 25.3 Å². The summed E-state index contributed by atoms with van der Waals surface area (Å²) in [4.78, 5) is 4.27. The van der Waals surface area contributed by atoms with Gasteiger partial charge in [-0.3, -0.25) is 4.98 Å². The highest BCUT2D eigenvalue weighted by Gasteiger charge is 2.17. The van der Waals surface area contributed by atoms with Gasteiger partial charge in [-0.25, -0.2) is 0 Å². The SMILES string of the molecule is CC(C)(C)c1cncc(O[C@H]2CCCNC2)c1. The van der Waals surface area contributed by atoms with Crippen molar-refractivity contribution in [3.8, 4) is 5.75 Å². The van der Waals surface area contributed by atoms with Crippen molar-refractivity contribution >= 4 is 0 Å². The van der Waals surface area contributed by atoms with Crippen LogP contribution in [-0.2, 0) is 5.41 Å². The fraction of sp³-hybridized carbons (Fsp3) is 0.643. The van der Waals surface area contributed by atoms with Crippen LogP contribution in [0.25, 0.3) is 0 Å². The van der Waals surface area contributed by atoms with Gasteiger partial charge in [0.15, 0.2) is 0 Å². The predicted molar refractivity (Wildman–Crippen MR) is 69.5 cm³/mol. The molecule has 0 aromatic carbocycles. The number of pyridine rings is 1. The molecule has 1 N–H and O–H groups in total. The van der Waals surface area contributed by atoms with Gasteiger partial charge in [0, 0.05) is 12.7 Å². The maximum atomic E-state index is 5.97. The van der Waals surface area contributed by atoms with Crippen LogP contribution in [0.3, 0.4) is 0 Å². The molecule has 0 unspecified atom stereocenters. The Bertz CT molecular complexity index is 365. The highest BCUT2D eigenvalue weighted by Crippen LogP contribution is 2.25. The van der Waals surface area contributed by atoms with E-state index >= 15 is 0 Å². The van der Waals surface area contributed by atoms with Crippen LogP contribution in [0, 0.1) is 0 Å². The van der Waals surface area contributed by atoms with E-state index in [9.17, 15) is 0 Å². The van der Waals surface area contributed by atoms with E-state index in [2.05, 4.69) is 37.1 Å². The molecule has 1 atom stereocenters. The molecule has 2 rings (SSSR count). The summed E-state index contributed by atoms with van der Waals surface area (Å²) in [5.41, 5.74) is 1.34. The predicted octanol–water partition coefficient (Wildman–Crippen LogP) is 2.51. The molecule has 0 saturated carbocycles. The molecule has 1 aliphatic heterocycles. The van der Waals surface area contributed by atoms with Crippen molar-refractivity contribution in [2.24, 2.45) is 0 Å². The van der Waals surface area contributed by atoms with E-state index in [4.69, 9.17) is 4.74 Å². The third kappa shape index (κ3) is 3.43. The van der Waals surface area contributed by atoms with Gasteiger partial charge in [0.05, 0.1) is 6.20 Å². The van der Waals surface area contributed by atoms with Gasteiger partial charge < -0.3 is 10.1 Å². The Morgan fingerprint density at radius 1 is 1.35 bits per heavy atom. The third-order valence-corrected chi connectivity index (χ3v) is 3.13. The number of piperidine rings is 1. The number of rotatable bonds is 2. The number of nitrogens with zero attached hydrogens (tertiary/aromatic N) is 1. The molecule has 3 heteroatoms. The monoisotopic (exact) mass is 234 g/mol. The van der Waals surface area contributed by atoms with Crippen LogP contribution in [0.1, 0.15) is 39.2 Å². The number of aromatic nitrogens is 1. The molecule has 1 aromatic rings. The number of ether oxygens (including phenoxy) is 1. The molecule has 17 heavy (non-hydrogen) atoms. The van der Waals surface area contributed by atoms with Crippen molar-refractivity contribution in [3.05, 3.63) is 24.0 Å². The molecule has 0 radical (unpaired) electrons. The van der Waals surface area contributed by atoms with Crippen molar-refractivity contribution in [2.75, 3.05) is 13.1 Å². The number of hydrogen-bond donors (Lipinski definition) is 1. The fourth-order valence-corrected chi connectivity index (χ4v) is 2.01. The van der Waals surface area contributed by atoms with Crippen molar-refractivity contribution in [1.82, 2.24) is 10.3 Å². The van der Waals surface area contributed by atoms with Crippen molar-refractivity contribution in [3.63, 3.8) is 0 Å². The van der Waals surface area contributed by atoms with Gasteiger partial charge in [0.1, 0.15) is 11.9 Å². The molecular formula is C14H22N2O. The summed E-state index contributed by atoms with van der Waals surface area (Å²) in [6, 6.07) is 2.11. The zero-order valence-electron chi connectivity index (χ0n) is 11.0. The molecule has 0 aliphatic carbocycles. The lowest BCUT2D eigenvalue weighted by molar-refractivity contribution is 0.166. The number of hydrogen-bond acceptors (Lipinski definition) is 3. The Balaban J connectivity index is 2.05. The summed E-state index contributed by atoms with van der Waals surface area (Å²) in [6.07, 6.45) is 6.35. The summed E-state index contributed by atoms with van der Waals surface area (Å²) in [7, 11) is 0. The molecule has 94 valence electrons. The van der Waals surface area contributed by atoms with Crippen LogP contribution in [0.5, 0.6) is 5.75 Å². The average Bonchev–Trinajstić information content (AvgIpc) is 2.29. The van der Waals surface area contributed by atoms with Crippen LogP contribution >= 0.6 is 0 Å². The first kappa shape index (κ1) is 12.4. The van der Waals surface area contributed by atoms with Crippen LogP contribution in [0.2, 0.25) is 0 Å². The van der Waals surface area contributed by atoms with E-state index in [0.29, 0.717) is 6.10 Å². The topological polar surface area (TPSA) is 34.1 Å². The average molecular weight is 234 g/mol. The fourth-order valence-electron chi connectivity index (χ4n) is 2.01. The van der Waals surface area contributed by atoms with Gasteiger partial charge >= 0.3 is 0 Å². The van der Waals surface area contributed by atoms with E-state index in [1.54, 1.807) is 0 Å². The van der Waals surface area contributed by atoms with E-state index in [1.807, 2.05) is 12.4 Å². The first-order valence-corrected chi connectivity index (χ1v) is 6.38. The molecule has 1 saturated heterocycles. The summed E-state index contributed by atoms with van der Waals surface area (Å²) < 4.78 is 5.97. The molecule has 0 bridgehead atoms. The van der Waals surface area contributed by atoms with Crippen molar-refractivity contribution in [1.29, 1.82) is 0 Å². The second-order valence-electron chi connectivity index (χ2n) is 5.75. The molecule has 1 aliphatic rings. The first-order chi connectivity index (χ1) is 8.05.